The number of hydrogen-bond donors (Lipinski definition) is 0. The molecule has 2 nitrogen and oxygen atoms in total. The van der Waals surface area contributed by atoms with Crippen molar-refractivity contribution in [3.63, 3.8) is 0 Å². The number of halogens is 7. The fourth-order valence-corrected chi connectivity index (χ4v) is 2.00. The van der Waals surface area contributed by atoms with Crippen molar-refractivity contribution >= 4 is 5.78 Å². The highest BCUT2D eigenvalue weighted by molar-refractivity contribution is 6.11. The number of carbonyl (C=O) groups excluding carboxylic acids is 1. The van der Waals surface area contributed by atoms with Crippen LogP contribution in [0.4, 0.5) is 30.7 Å². The Morgan fingerprint density at radius 3 is 2.08 bits per heavy atom. The lowest BCUT2D eigenvalue weighted by molar-refractivity contribution is -0.140. The molecule has 0 spiro atoms. The lowest BCUT2D eigenvalue weighted by atomic mass is 9.98. The number of rotatable bonds is 3. The second-order valence-corrected chi connectivity index (χ2v) is 4.58. The van der Waals surface area contributed by atoms with E-state index < -0.39 is 57.7 Å². The van der Waals surface area contributed by atoms with Crippen molar-refractivity contribution in [3.05, 3.63) is 64.2 Å². The first kappa shape index (κ1) is 17.8. The van der Waals surface area contributed by atoms with Crippen LogP contribution in [0.25, 0.3) is 0 Å². The zero-order valence-electron chi connectivity index (χ0n) is 11.8. The van der Waals surface area contributed by atoms with Gasteiger partial charge in [0, 0.05) is 6.07 Å². The van der Waals surface area contributed by atoms with Gasteiger partial charge in [0.1, 0.15) is 11.6 Å². The van der Waals surface area contributed by atoms with Crippen LogP contribution in [0.5, 0.6) is 5.75 Å². The Labute approximate surface area is 130 Å². The minimum Gasteiger partial charge on any atom is -0.493 e. The molecule has 2 aromatic carbocycles. The van der Waals surface area contributed by atoms with E-state index in [9.17, 15) is 35.5 Å². The average molecular weight is 352 g/mol. The third kappa shape index (κ3) is 3.06. The lowest BCUT2D eigenvalue weighted by Crippen LogP contribution is -2.15. The van der Waals surface area contributed by atoms with Crippen LogP contribution in [0.2, 0.25) is 0 Å². The highest BCUT2D eigenvalue weighted by Gasteiger charge is 2.39. The van der Waals surface area contributed by atoms with Crippen molar-refractivity contribution in [2.24, 2.45) is 0 Å². The van der Waals surface area contributed by atoms with Crippen molar-refractivity contribution in [2.75, 3.05) is 7.11 Å². The van der Waals surface area contributed by atoms with Crippen molar-refractivity contribution < 1.29 is 40.3 Å². The van der Waals surface area contributed by atoms with E-state index in [0.717, 1.165) is 7.11 Å². The topological polar surface area (TPSA) is 26.3 Å². The molecule has 0 aliphatic rings. The maximum Gasteiger partial charge on any atom is 0.419 e. The van der Waals surface area contributed by atoms with Crippen LogP contribution in [-0.2, 0) is 6.18 Å². The van der Waals surface area contributed by atoms with E-state index in [2.05, 4.69) is 4.74 Å². The summed E-state index contributed by atoms with van der Waals surface area (Å²) in [4.78, 5) is 12.2. The molecule has 0 bridgehead atoms. The Hall–Kier alpha value is -2.58. The number of benzene rings is 2. The molecule has 0 saturated carbocycles. The fourth-order valence-electron chi connectivity index (χ4n) is 2.00. The monoisotopic (exact) mass is 352 g/mol. The smallest absolute Gasteiger partial charge is 0.419 e. The summed E-state index contributed by atoms with van der Waals surface area (Å²) in [6, 6.07) is 1.70. The van der Waals surface area contributed by atoms with E-state index in [4.69, 9.17) is 0 Å². The molecule has 0 amide bonds. The van der Waals surface area contributed by atoms with Crippen LogP contribution in [0.1, 0.15) is 21.5 Å². The van der Waals surface area contributed by atoms with Gasteiger partial charge in [0.2, 0.25) is 5.82 Å². The van der Waals surface area contributed by atoms with Crippen LogP contribution >= 0.6 is 0 Å². The van der Waals surface area contributed by atoms with Gasteiger partial charge in [-0.3, -0.25) is 4.79 Å². The van der Waals surface area contributed by atoms with Crippen molar-refractivity contribution in [2.45, 2.75) is 6.18 Å². The van der Waals surface area contributed by atoms with Crippen molar-refractivity contribution in [1.82, 2.24) is 0 Å². The van der Waals surface area contributed by atoms with Gasteiger partial charge in [0.15, 0.2) is 17.3 Å². The molecule has 0 unspecified atom stereocenters. The van der Waals surface area contributed by atoms with Crippen LogP contribution in [-0.4, -0.2) is 12.9 Å². The van der Waals surface area contributed by atoms with Crippen LogP contribution < -0.4 is 4.74 Å². The molecular weight excluding hydrogens is 345 g/mol. The Morgan fingerprint density at radius 2 is 1.58 bits per heavy atom. The summed E-state index contributed by atoms with van der Waals surface area (Å²) in [6.45, 7) is 0. The highest BCUT2D eigenvalue weighted by Crippen LogP contribution is 2.38. The third-order valence-electron chi connectivity index (χ3n) is 3.09. The maximum atomic E-state index is 13.8. The fraction of sp³-hybridized carbons (Fsp3) is 0.133. The molecule has 0 N–H and O–H groups in total. The predicted molar refractivity (Wildman–Crippen MR) is 67.7 cm³/mol. The number of hydrogen-bond acceptors (Lipinski definition) is 2. The molecule has 2 aromatic rings. The molecule has 24 heavy (non-hydrogen) atoms. The standard InChI is InChI=1S/C15H7F7O2/c1-24-14-8(5-9(15(20,21)22)11(18)12(14)19)13(23)7-3-2-6(16)4-10(7)17/h2-5H,1H3. The van der Waals surface area contributed by atoms with Crippen LogP contribution in [0.15, 0.2) is 24.3 Å². The summed E-state index contributed by atoms with van der Waals surface area (Å²) in [6.07, 6.45) is -5.30. The predicted octanol–water partition coefficient (Wildman–Crippen LogP) is 4.50. The van der Waals surface area contributed by atoms with Gasteiger partial charge < -0.3 is 4.74 Å². The molecule has 0 radical (unpaired) electrons. The second-order valence-electron chi connectivity index (χ2n) is 4.58. The molecular formula is C15H7F7O2. The van der Waals surface area contributed by atoms with Gasteiger partial charge in [-0.25, -0.2) is 13.2 Å². The summed E-state index contributed by atoms with van der Waals surface area (Å²) in [5.74, 6) is -9.24. The Kier molecular flexibility index (Phi) is 4.54. The van der Waals surface area contributed by atoms with Crippen LogP contribution in [0.3, 0.4) is 0 Å². The minimum absolute atomic E-state index is 0.0162. The van der Waals surface area contributed by atoms with E-state index in [0.29, 0.717) is 18.2 Å². The second kappa shape index (κ2) is 6.14. The zero-order chi connectivity index (χ0) is 18.2. The molecule has 0 heterocycles. The largest absolute Gasteiger partial charge is 0.493 e. The number of ether oxygens (including phenoxy) is 1. The summed E-state index contributed by atoms with van der Waals surface area (Å²) in [5, 5.41) is 0. The molecule has 0 atom stereocenters. The van der Waals surface area contributed by atoms with Gasteiger partial charge in [-0.05, 0) is 18.2 Å². The first-order chi connectivity index (χ1) is 11.1. The summed E-state index contributed by atoms with van der Waals surface area (Å²) >= 11 is 0. The highest BCUT2D eigenvalue weighted by atomic mass is 19.4. The molecule has 9 heteroatoms. The van der Waals surface area contributed by atoms with Gasteiger partial charge in [-0.15, -0.1) is 0 Å². The average Bonchev–Trinajstić information content (AvgIpc) is 2.47. The van der Waals surface area contributed by atoms with Gasteiger partial charge in [0.25, 0.3) is 0 Å². The number of carbonyl (C=O) groups is 1. The van der Waals surface area contributed by atoms with E-state index in [-0.39, 0.29) is 6.07 Å². The first-order valence-corrected chi connectivity index (χ1v) is 6.20. The van der Waals surface area contributed by atoms with Crippen LogP contribution in [0, 0.1) is 23.3 Å². The first-order valence-electron chi connectivity index (χ1n) is 6.20. The van der Waals surface area contributed by atoms with E-state index in [1.54, 1.807) is 0 Å². The Morgan fingerprint density at radius 1 is 0.958 bits per heavy atom. The number of alkyl halides is 3. The number of ketones is 1. The molecule has 0 aliphatic heterocycles. The summed E-state index contributed by atoms with van der Waals surface area (Å²) in [5.41, 5.74) is -3.92. The molecule has 0 fully saturated rings. The number of methoxy groups -OCH3 is 1. The van der Waals surface area contributed by atoms with Gasteiger partial charge >= 0.3 is 6.18 Å². The van der Waals surface area contributed by atoms with Crippen molar-refractivity contribution in [1.29, 1.82) is 0 Å². The van der Waals surface area contributed by atoms with Gasteiger partial charge in [-0.1, -0.05) is 0 Å². The Bertz CT molecular complexity index is 812. The molecule has 0 aliphatic carbocycles. The normalized spacial score (nSPS) is 11.5. The quantitative estimate of drug-likeness (QED) is 0.601. The molecule has 2 rings (SSSR count). The lowest BCUT2D eigenvalue weighted by Gasteiger charge is -2.15. The van der Waals surface area contributed by atoms with E-state index in [1.807, 2.05) is 0 Å². The summed E-state index contributed by atoms with van der Waals surface area (Å²) in [7, 11) is 0.795. The minimum atomic E-state index is -5.30. The van der Waals surface area contributed by atoms with Crippen molar-refractivity contribution in [3.8, 4) is 5.75 Å². The maximum absolute atomic E-state index is 13.8. The van der Waals surface area contributed by atoms with Gasteiger partial charge in [0.05, 0.1) is 23.8 Å². The van der Waals surface area contributed by atoms with E-state index >= 15 is 0 Å². The molecule has 0 aromatic heterocycles. The molecule has 128 valence electrons. The zero-order valence-corrected chi connectivity index (χ0v) is 11.8. The summed E-state index contributed by atoms with van der Waals surface area (Å²) < 4.78 is 96.5. The SMILES string of the molecule is COc1c(C(=O)c2ccc(F)cc2F)cc(C(F)(F)F)c(F)c1F. The van der Waals surface area contributed by atoms with E-state index in [1.165, 1.54) is 0 Å². The molecule has 0 saturated heterocycles. The Balaban J connectivity index is 2.72. The third-order valence-corrected chi connectivity index (χ3v) is 3.09. The van der Waals surface area contributed by atoms with Gasteiger partial charge in [-0.2, -0.15) is 17.6 Å².